The molecule has 0 amide bonds. The molecule has 1 aromatic rings. The summed E-state index contributed by atoms with van der Waals surface area (Å²) < 4.78 is 0. The van der Waals surface area contributed by atoms with Gasteiger partial charge in [-0.15, -0.1) is 0 Å². The first kappa shape index (κ1) is 9.53. The Morgan fingerprint density at radius 3 is 3.00 bits per heavy atom. The molecule has 1 fully saturated rings. The van der Waals surface area contributed by atoms with Gasteiger partial charge in [0.25, 0.3) is 0 Å². The Bertz CT molecular complexity index is 314. The Morgan fingerprint density at radius 2 is 2.36 bits per heavy atom. The number of hydrogen-bond acceptors (Lipinski definition) is 2. The maximum absolute atomic E-state index is 5.82. The highest BCUT2D eigenvalue weighted by Gasteiger charge is 2.18. The SMILES string of the molecule is CCc1ccc(N)cc1[C@@H]1CCCN1. The lowest BCUT2D eigenvalue weighted by Gasteiger charge is -2.15. The number of rotatable bonds is 2. The number of anilines is 1. The lowest BCUT2D eigenvalue weighted by Crippen LogP contribution is -2.14. The highest BCUT2D eigenvalue weighted by Crippen LogP contribution is 2.27. The summed E-state index contributed by atoms with van der Waals surface area (Å²) in [5.41, 5.74) is 9.54. The van der Waals surface area contributed by atoms with Crippen LogP contribution in [0.2, 0.25) is 0 Å². The molecule has 76 valence electrons. The van der Waals surface area contributed by atoms with E-state index in [1.807, 2.05) is 6.07 Å². The third-order valence-corrected chi connectivity index (χ3v) is 2.99. The summed E-state index contributed by atoms with van der Waals surface area (Å²) in [6, 6.07) is 6.82. The second-order valence-corrected chi connectivity index (χ2v) is 3.96. The number of benzene rings is 1. The van der Waals surface area contributed by atoms with E-state index in [1.54, 1.807) is 0 Å². The van der Waals surface area contributed by atoms with Crippen LogP contribution in [0.3, 0.4) is 0 Å². The van der Waals surface area contributed by atoms with Crippen molar-refractivity contribution in [2.24, 2.45) is 0 Å². The molecule has 14 heavy (non-hydrogen) atoms. The minimum Gasteiger partial charge on any atom is -0.399 e. The maximum atomic E-state index is 5.82. The largest absolute Gasteiger partial charge is 0.399 e. The van der Waals surface area contributed by atoms with Crippen LogP contribution in [0.25, 0.3) is 0 Å². The molecule has 1 aliphatic heterocycles. The van der Waals surface area contributed by atoms with E-state index >= 15 is 0 Å². The van der Waals surface area contributed by atoms with Crippen molar-refractivity contribution in [3.05, 3.63) is 29.3 Å². The lowest BCUT2D eigenvalue weighted by atomic mass is 9.97. The van der Waals surface area contributed by atoms with E-state index < -0.39 is 0 Å². The minimum atomic E-state index is 0.536. The third-order valence-electron chi connectivity index (χ3n) is 2.99. The van der Waals surface area contributed by atoms with Crippen molar-refractivity contribution in [2.75, 3.05) is 12.3 Å². The van der Waals surface area contributed by atoms with E-state index in [0.717, 1.165) is 18.7 Å². The van der Waals surface area contributed by atoms with Crippen molar-refractivity contribution in [2.45, 2.75) is 32.2 Å². The Hall–Kier alpha value is -1.02. The number of nitrogen functional groups attached to an aromatic ring is 1. The Balaban J connectivity index is 2.33. The van der Waals surface area contributed by atoms with Crippen LogP contribution in [0.1, 0.15) is 36.9 Å². The topological polar surface area (TPSA) is 38.0 Å². The number of nitrogens with one attached hydrogen (secondary N) is 1. The Labute approximate surface area is 85.5 Å². The molecule has 1 aliphatic rings. The Kier molecular flexibility index (Phi) is 2.73. The van der Waals surface area contributed by atoms with Gasteiger partial charge in [-0.3, -0.25) is 0 Å². The summed E-state index contributed by atoms with van der Waals surface area (Å²) in [4.78, 5) is 0. The van der Waals surface area contributed by atoms with Crippen LogP contribution in [-0.2, 0) is 6.42 Å². The van der Waals surface area contributed by atoms with Gasteiger partial charge in [0.2, 0.25) is 0 Å². The molecule has 2 nitrogen and oxygen atoms in total. The summed E-state index contributed by atoms with van der Waals surface area (Å²) >= 11 is 0. The molecule has 1 aromatic carbocycles. The zero-order chi connectivity index (χ0) is 9.97. The van der Waals surface area contributed by atoms with Crippen molar-refractivity contribution >= 4 is 5.69 Å². The fourth-order valence-corrected chi connectivity index (χ4v) is 2.21. The molecule has 0 saturated carbocycles. The predicted octanol–water partition coefficient (Wildman–Crippen LogP) is 2.26. The average Bonchev–Trinajstić information content (AvgIpc) is 2.70. The zero-order valence-electron chi connectivity index (χ0n) is 8.72. The second-order valence-electron chi connectivity index (χ2n) is 3.96. The summed E-state index contributed by atoms with van der Waals surface area (Å²) in [5, 5.41) is 3.52. The fourth-order valence-electron chi connectivity index (χ4n) is 2.21. The molecule has 0 radical (unpaired) electrons. The second kappa shape index (κ2) is 4.01. The lowest BCUT2D eigenvalue weighted by molar-refractivity contribution is 0.641. The number of nitrogens with two attached hydrogens (primary N) is 1. The van der Waals surface area contributed by atoms with Gasteiger partial charge >= 0.3 is 0 Å². The molecule has 2 heteroatoms. The molecule has 1 atom stereocenters. The summed E-state index contributed by atoms with van der Waals surface area (Å²) in [6.07, 6.45) is 3.62. The van der Waals surface area contributed by atoms with Gasteiger partial charge in [0.05, 0.1) is 0 Å². The van der Waals surface area contributed by atoms with Gasteiger partial charge in [-0.2, -0.15) is 0 Å². The molecular formula is C12H18N2. The summed E-state index contributed by atoms with van der Waals surface area (Å²) in [6.45, 7) is 3.34. The third kappa shape index (κ3) is 1.75. The molecule has 2 rings (SSSR count). The number of hydrogen-bond donors (Lipinski definition) is 2. The standard InChI is InChI=1S/C12H18N2/c1-2-9-5-6-10(13)8-11(9)12-4-3-7-14-12/h5-6,8,12,14H,2-4,7,13H2,1H3/t12-/m0/s1. The van der Waals surface area contributed by atoms with E-state index in [2.05, 4.69) is 24.4 Å². The van der Waals surface area contributed by atoms with Crippen LogP contribution in [0.15, 0.2) is 18.2 Å². The van der Waals surface area contributed by atoms with Crippen molar-refractivity contribution in [1.82, 2.24) is 5.32 Å². The predicted molar refractivity (Wildman–Crippen MR) is 60.2 cm³/mol. The molecule has 0 aliphatic carbocycles. The molecule has 0 aromatic heterocycles. The fraction of sp³-hybridized carbons (Fsp3) is 0.500. The van der Waals surface area contributed by atoms with Gasteiger partial charge in [0, 0.05) is 11.7 Å². The van der Waals surface area contributed by atoms with Crippen LogP contribution >= 0.6 is 0 Å². The van der Waals surface area contributed by atoms with Crippen LogP contribution in [0.4, 0.5) is 5.69 Å². The normalized spacial score (nSPS) is 21.4. The highest BCUT2D eigenvalue weighted by molar-refractivity contribution is 5.46. The van der Waals surface area contributed by atoms with Crippen molar-refractivity contribution in [3.8, 4) is 0 Å². The van der Waals surface area contributed by atoms with Gasteiger partial charge in [0.15, 0.2) is 0 Å². The minimum absolute atomic E-state index is 0.536. The van der Waals surface area contributed by atoms with Gasteiger partial charge < -0.3 is 11.1 Å². The van der Waals surface area contributed by atoms with Crippen molar-refractivity contribution < 1.29 is 0 Å². The van der Waals surface area contributed by atoms with Crippen LogP contribution in [0, 0.1) is 0 Å². The smallest absolute Gasteiger partial charge is 0.0324 e. The quantitative estimate of drug-likeness (QED) is 0.702. The van der Waals surface area contributed by atoms with Gasteiger partial charge in [-0.25, -0.2) is 0 Å². The molecule has 0 unspecified atom stereocenters. The van der Waals surface area contributed by atoms with E-state index in [4.69, 9.17) is 5.73 Å². The molecule has 1 saturated heterocycles. The molecule has 3 N–H and O–H groups in total. The van der Waals surface area contributed by atoms with Gasteiger partial charge in [0.1, 0.15) is 0 Å². The summed E-state index contributed by atoms with van der Waals surface area (Å²) in [5.74, 6) is 0. The van der Waals surface area contributed by atoms with E-state index in [1.165, 1.54) is 24.0 Å². The highest BCUT2D eigenvalue weighted by atomic mass is 14.9. The first-order valence-corrected chi connectivity index (χ1v) is 5.43. The zero-order valence-corrected chi connectivity index (χ0v) is 8.72. The van der Waals surface area contributed by atoms with Crippen LogP contribution in [-0.4, -0.2) is 6.54 Å². The maximum Gasteiger partial charge on any atom is 0.0324 e. The Morgan fingerprint density at radius 1 is 1.50 bits per heavy atom. The van der Waals surface area contributed by atoms with Crippen LogP contribution < -0.4 is 11.1 Å². The van der Waals surface area contributed by atoms with E-state index in [0.29, 0.717) is 6.04 Å². The van der Waals surface area contributed by atoms with Gasteiger partial charge in [-0.05, 0) is 49.1 Å². The molecule has 0 bridgehead atoms. The monoisotopic (exact) mass is 190 g/mol. The van der Waals surface area contributed by atoms with Crippen LogP contribution in [0.5, 0.6) is 0 Å². The summed E-state index contributed by atoms with van der Waals surface area (Å²) in [7, 11) is 0. The van der Waals surface area contributed by atoms with Crippen molar-refractivity contribution in [1.29, 1.82) is 0 Å². The first-order chi connectivity index (χ1) is 6.81. The van der Waals surface area contributed by atoms with E-state index in [9.17, 15) is 0 Å². The molecule has 0 spiro atoms. The van der Waals surface area contributed by atoms with Gasteiger partial charge in [-0.1, -0.05) is 13.0 Å². The average molecular weight is 190 g/mol. The van der Waals surface area contributed by atoms with Crippen molar-refractivity contribution in [3.63, 3.8) is 0 Å². The number of aryl methyl sites for hydroxylation is 1. The first-order valence-electron chi connectivity index (χ1n) is 5.43. The molecular weight excluding hydrogens is 172 g/mol. The molecule has 1 heterocycles. The van der Waals surface area contributed by atoms with E-state index in [-0.39, 0.29) is 0 Å².